The number of likely N-dealkylation sites (N-methyl/N-ethyl adjacent to an activating group) is 1. The fourth-order valence-corrected chi connectivity index (χ4v) is 2.24. The number of rotatable bonds is 1. The Bertz CT molecular complexity index is 485. The third-order valence-electron chi connectivity index (χ3n) is 2.57. The topological polar surface area (TPSA) is 3.24 Å². The van der Waals surface area contributed by atoms with Gasteiger partial charge in [-0.05, 0) is 52.4 Å². The van der Waals surface area contributed by atoms with Crippen LogP contribution in [-0.4, -0.2) is 11.9 Å². The molecule has 82 valence electrons. The largest absolute Gasteiger partial charge is 0.344 e. The van der Waals surface area contributed by atoms with Crippen LogP contribution in [0.5, 0.6) is 0 Å². The third kappa shape index (κ3) is 2.18. The minimum Gasteiger partial charge on any atom is -0.344 e. The fraction of sp³-hybridized carbons (Fsp3) is 0.0769. The molecule has 1 aliphatic heterocycles. The zero-order valence-electron chi connectivity index (χ0n) is 8.87. The summed E-state index contributed by atoms with van der Waals surface area (Å²) in [5.74, 6) is 0. The molecule has 1 nitrogen and oxygen atoms in total. The van der Waals surface area contributed by atoms with Gasteiger partial charge in [-0.3, -0.25) is 0 Å². The smallest absolute Gasteiger partial charge is 0.0482 e. The van der Waals surface area contributed by atoms with Crippen LogP contribution in [0.1, 0.15) is 5.56 Å². The molecule has 3 heteroatoms. The lowest BCUT2D eigenvalue weighted by Gasteiger charge is -2.27. The molecule has 0 saturated carbocycles. The molecular weight excluding hydrogens is 333 g/mol. The Morgan fingerprint density at radius 3 is 2.44 bits per heavy atom. The molecule has 1 heterocycles. The Balaban J connectivity index is 2.42. The summed E-state index contributed by atoms with van der Waals surface area (Å²) < 4.78 is 1.16. The van der Waals surface area contributed by atoms with Crippen LogP contribution in [0.2, 0.25) is 5.02 Å². The summed E-state index contributed by atoms with van der Waals surface area (Å²) in [6.45, 7) is 4.05. The van der Waals surface area contributed by atoms with Gasteiger partial charge in [0, 0.05) is 27.0 Å². The maximum absolute atomic E-state index is 5.88. The van der Waals surface area contributed by atoms with E-state index in [-0.39, 0.29) is 0 Å². The van der Waals surface area contributed by atoms with E-state index in [9.17, 15) is 0 Å². The van der Waals surface area contributed by atoms with Crippen LogP contribution in [0.15, 0.2) is 52.3 Å². The van der Waals surface area contributed by atoms with Gasteiger partial charge in [-0.15, -0.1) is 0 Å². The molecule has 0 atom stereocenters. The van der Waals surface area contributed by atoms with Crippen molar-refractivity contribution in [1.29, 1.82) is 0 Å². The van der Waals surface area contributed by atoms with Gasteiger partial charge in [0.05, 0.1) is 0 Å². The van der Waals surface area contributed by atoms with Gasteiger partial charge < -0.3 is 4.90 Å². The van der Waals surface area contributed by atoms with Crippen molar-refractivity contribution in [3.05, 3.63) is 62.9 Å². The van der Waals surface area contributed by atoms with E-state index in [2.05, 4.69) is 46.2 Å². The number of benzene rings is 1. The lowest BCUT2D eigenvalue weighted by molar-refractivity contribution is 0.614. The lowest BCUT2D eigenvalue weighted by atomic mass is 10.1. The second-order valence-corrected chi connectivity index (χ2v) is 5.18. The molecule has 0 N–H and O–H groups in total. The monoisotopic (exact) mass is 343 g/mol. The molecule has 0 unspecified atom stereocenters. The highest BCUT2D eigenvalue weighted by Crippen LogP contribution is 2.32. The van der Waals surface area contributed by atoms with Gasteiger partial charge in [-0.1, -0.05) is 30.3 Å². The van der Waals surface area contributed by atoms with E-state index in [1.807, 2.05) is 31.3 Å². The summed E-state index contributed by atoms with van der Waals surface area (Å²) in [5.41, 5.74) is 3.31. The van der Waals surface area contributed by atoms with Gasteiger partial charge in [-0.25, -0.2) is 0 Å². The highest BCUT2D eigenvalue weighted by molar-refractivity contribution is 14.1. The minimum absolute atomic E-state index is 0.756. The van der Waals surface area contributed by atoms with E-state index in [1.54, 1.807) is 0 Å². The zero-order chi connectivity index (χ0) is 11.7. The predicted octanol–water partition coefficient (Wildman–Crippen LogP) is 4.46. The molecule has 0 aromatic heterocycles. The van der Waals surface area contributed by atoms with Crippen LogP contribution in [0.3, 0.4) is 0 Å². The molecule has 0 saturated heterocycles. The summed E-state index contributed by atoms with van der Waals surface area (Å²) in [6, 6.07) is 7.84. The van der Waals surface area contributed by atoms with Crippen molar-refractivity contribution in [3.63, 3.8) is 0 Å². The van der Waals surface area contributed by atoms with Crippen molar-refractivity contribution in [2.45, 2.75) is 0 Å². The highest BCUT2D eigenvalue weighted by Gasteiger charge is 2.15. The van der Waals surface area contributed by atoms with E-state index in [1.165, 1.54) is 0 Å². The Labute approximate surface area is 114 Å². The van der Waals surface area contributed by atoms with Crippen molar-refractivity contribution in [2.24, 2.45) is 0 Å². The zero-order valence-corrected chi connectivity index (χ0v) is 11.8. The molecule has 1 aliphatic rings. The first-order valence-electron chi connectivity index (χ1n) is 4.86. The fourth-order valence-electron chi connectivity index (χ4n) is 1.58. The molecule has 0 aliphatic carbocycles. The number of hydrogen-bond acceptors (Lipinski definition) is 1. The maximum atomic E-state index is 5.88. The Morgan fingerprint density at radius 1 is 1.19 bits per heavy atom. The highest BCUT2D eigenvalue weighted by atomic mass is 127. The molecule has 0 radical (unpaired) electrons. The van der Waals surface area contributed by atoms with Gasteiger partial charge in [0.2, 0.25) is 0 Å². The van der Waals surface area contributed by atoms with Crippen LogP contribution < -0.4 is 0 Å². The lowest BCUT2D eigenvalue weighted by Crippen LogP contribution is -2.17. The standard InChI is InChI=1S/C13H11ClIN/c1-9-12(15)7-8-13(16(9)2)10-3-5-11(14)6-4-10/h3-8H,1H2,2H3. The normalized spacial score (nSPS) is 15.9. The average molecular weight is 344 g/mol. The van der Waals surface area contributed by atoms with E-state index < -0.39 is 0 Å². The number of nitrogens with zero attached hydrogens (tertiary/aromatic N) is 1. The van der Waals surface area contributed by atoms with Crippen LogP contribution >= 0.6 is 34.2 Å². The molecule has 1 aromatic rings. The van der Waals surface area contributed by atoms with Crippen LogP contribution in [0.25, 0.3) is 5.70 Å². The maximum Gasteiger partial charge on any atom is 0.0482 e. The van der Waals surface area contributed by atoms with Crippen LogP contribution in [0, 0.1) is 0 Å². The molecule has 2 rings (SSSR count). The first-order chi connectivity index (χ1) is 7.59. The Morgan fingerprint density at radius 2 is 1.81 bits per heavy atom. The second kappa shape index (κ2) is 4.63. The first-order valence-corrected chi connectivity index (χ1v) is 6.31. The Hall–Kier alpha value is -0.740. The van der Waals surface area contributed by atoms with E-state index in [0.29, 0.717) is 0 Å². The van der Waals surface area contributed by atoms with Crippen molar-refractivity contribution in [3.8, 4) is 0 Å². The molecule has 1 aromatic carbocycles. The molecular formula is C13H11ClIN. The van der Waals surface area contributed by atoms with Crippen LogP contribution in [-0.2, 0) is 0 Å². The average Bonchev–Trinajstić information content (AvgIpc) is 2.28. The number of halogens is 2. The van der Waals surface area contributed by atoms with E-state index in [4.69, 9.17) is 11.6 Å². The molecule has 0 bridgehead atoms. The third-order valence-corrected chi connectivity index (χ3v) is 3.80. The van der Waals surface area contributed by atoms with Crippen molar-refractivity contribution in [1.82, 2.24) is 4.90 Å². The quantitative estimate of drug-likeness (QED) is 0.681. The summed E-state index contributed by atoms with van der Waals surface area (Å²) in [5, 5.41) is 0.756. The van der Waals surface area contributed by atoms with E-state index >= 15 is 0 Å². The number of hydrogen-bond donors (Lipinski definition) is 0. The second-order valence-electron chi connectivity index (χ2n) is 3.58. The first kappa shape index (κ1) is 11.7. The summed E-state index contributed by atoms with van der Waals surface area (Å²) >= 11 is 8.16. The van der Waals surface area contributed by atoms with Crippen LogP contribution in [0.4, 0.5) is 0 Å². The Kier molecular flexibility index (Phi) is 3.40. The molecule has 0 amide bonds. The SMILES string of the molecule is C=C1C(I)=CC=C(c2ccc(Cl)cc2)N1C. The van der Waals surface area contributed by atoms with Gasteiger partial charge in [0.15, 0.2) is 0 Å². The summed E-state index contributed by atoms with van der Waals surface area (Å²) in [4.78, 5) is 2.09. The van der Waals surface area contributed by atoms with Crippen molar-refractivity contribution in [2.75, 3.05) is 7.05 Å². The predicted molar refractivity (Wildman–Crippen MR) is 78.4 cm³/mol. The van der Waals surface area contributed by atoms with Gasteiger partial charge in [-0.2, -0.15) is 0 Å². The molecule has 0 fully saturated rings. The number of allylic oxidation sites excluding steroid dienone is 3. The van der Waals surface area contributed by atoms with E-state index in [0.717, 1.165) is 25.6 Å². The minimum atomic E-state index is 0.756. The van der Waals surface area contributed by atoms with Gasteiger partial charge in [0.1, 0.15) is 0 Å². The van der Waals surface area contributed by atoms with Gasteiger partial charge >= 0.3 is 0 Å². The van der Waals surface area contributed by atoms with Gasteiger partial charge in [0.25, 0.3) is 0 Å². The molecule has 16 heavy (non-hydrogen) atoms. The van der Waals surface area contributed by atoms with Crippen molar-refractivity contribution >= 4 is 39.9 Å². The van der Waals surface area contributed by atoms with Crippen molar-refractivity contribution < 1.29 is 0 Å². The summed E-state index contributed by atoms with van der Waals surface area (Å²) in [6.07, 6.45) is 4.17. The summed E-state index contributed by atoms with van der Waals surface area (Å²) in [7, 11) is 2.02. The molecule has 0 spiro atoms.